The zero-order chi connectivity index (χ0) is 53.8. The number of ether oxygens (including phenoxy) is 5. The van der Waals surface area contributed by atoms with Crippen LogP contribution in [0.25, 0.3) is 28.2 Å². The summed E-state index contributed by atoms with van der Waals surface area (Å²) < 4.78 is 97.6. The molecule has 7 rings (SSSR count). The molecule has 23 heteroatoms. The summed E-state index contributed by atoms with van der Waals surface area (Å²) in [4.78, 5) is 29.6. The maximum absolute atomic E-state index is 16.5. The minimum absolute atomic E-state index is 0.0634. The van der Waals surface area contributed by atoms with Gasteiger partial charge in [-0.3, -0.25) is 0 Å². The Morgan fingerprint density at radius 1 is 0.703 bits per heavy atom. The second-order valence-corrected chi connectivity index (χ2v) is 22.9. The number of nitrogens with two attached hydrogens (primary N) is 2. The van der Waals surface area contributed by atoms with Gasteiger partial charge < -0.3 is 39.6 Å². The highest BCUT2D eigenvalue weighted by molar-refractivity contribution is 7.92. The van der Waals surface area contributed by atoms with E-state index in [0.717, 1.165) is 15.9 Å². The number of imidazole rings is 1. The third-order valence-corrected chi connectivity index (χ3v) is 16.1. The molecule has 0 saturated heterocycles. The summed E-state index contributed by atoms with van der Waals surface area (Å²) in [6.07, 6.45) is 2.47. The molecule has 3 aromatic heterocycles. The molecule has 21 nitrogen and oxygen atoms in total. The molecule has 7 aromatic rings. The number of primary amides is 2. The van der Waals surface area contributed by atoms with E-state index in [1.54, 1.807) is 157 Å². The lowest BCUT2D eigenvalue weighted by Gasteiger charge is -2.55. The van der Waals surface area contributed by atoms with Crippen molar-refractivity contribution in [3.05, 3.63) is 132 Å². The maximum atomic E-state index is 16.5. The van der Waals surface area contributed by atoms with Crippen molar-refractivity contribution in [2.24, 2.45) is 22.3 Å². The minimum Gasteiger partial charge on any atom is -0.497 e. The number of sulfonamides is 2. The first-order valence-corrected chi connectivity index (χ1v) is 26.0. The normalized spacial score (nSPS) is 12.9. The highest BCUT2D eigenvalue weighted by Crippen LogP contribution is 2.50. The maximum Gasteiger partial charge on any atom is 0.405 e. The van der Waals surface area contributed by atoms with Gasteiger partial charge in [-0.15, -0.1) is 10.2 Å². The Labute approximate surface area is 429 Å². The van der Waals surface area contributed by atoms with Crippen LogP contribution < -0.4 is 30.4 Å². The Morgan fingerprint density at radius 3 is 1.74 bits per heavy atom. The number of hydrogen-bond acceptors (Lipinski definition) is 15. The summed E-state index contributed by atoms with van der Waals surface area (Å²) in [5.41, 5.74) is 9.41. The molecule has 1 atom stereocenters. The highest BCUT2D eigenvalue weighted by Gasteiger charge is 2.60. The van der Waals surface area contributed by atoms with E-state index in [9.17, 15) is 9.59 Å². The number of nitrogens with one attached hydrogen (secondary N) is 1. The van der Waals surface area contributed by atoms with Crippen molar-refractivity contribution in [2.45, 2.75) is 82.6 Å². The van der Waals surface area contributed by atoms with Gasteiger partial charge in [-0.05, 0) is 82.1 Å². The summed E-state index contributed by atoms with van der Waals surface area (Å²) in [6.45, 7) is 8.78. The molecule has 2 amide bonds. The molecule has 4 aromatic carbocycles. The van der Waals surface area contributed by atoms with Gasteiger partial charge in [-0.2, -0.15) is 9.10 Å². The Morgan fingerprint density at radius 2 is 1.24 bits per heavy atom. The van der Waals surface area contributed by atoms with Crippen LogP contribution in [-0.2, 0) is 49.2 Å². The quantitative estimate of drug-likeness (QED) is 0.0709. The van der Waals surface area contributed by atoms with Crippen LogP contribution in [-0.4, -0.2) is 102 Å². The Kier molecular flexibility index (Phi) is 15.7. The van der Waals surface area contributed by atoms with Crippen LogP contribution in [0, 0.1) is 10.8 Å². The van der Waals surface area contributed by atoms with Gasteiger partial charge in [0.2, 0.25) is 25.9 Å². The van der Waals surface area contributed by atoms with E-state index in [1.807, 2.05) is 0 Å². The minimum atomic E-state index is -5.24. The Balaban J connectivity index is 1.57. The third kappa shape index (κ3) is 11.3. The molecular formula is C51H60N10O11S2. The Hall–Kier alpha value is -7.60. The van der Waals surface area contributed by atoms with E-state index < -0.39 is 71.1 Å². The number of tetrazole rings is 1. The predicted octanol–water partition coefficient (Wildman–Crippen LogP) is 6.79. The number of pyridine rings is 1. The first kappa shape index (κ1) is 54.2. The zero-order valence-electron chi connectivity index (χ0n) is 42.5. The van der Waals surface area contributed by atoms with Gasteiger partial charge in [0.1, 0.15) is 44.9 Å². The van der Waals surface area contributed by atoms with Crippen LogP contribution in [0.4, 0.5) is 9.59 Å². The molecule has 0 spiro atoms. The van der Waals surface area contributed by atoms with Crippen molar-refractivity contribution < 1.29 is 50.1 Å². The largest absolute Gasteiger partial charge is 0.497 e. The number of carbonyl (C=O) groups is 2. The summed E-state index contributed by atoms with van der Waals surface area (Å²) in [5.74, 6) is 1.37. The summed E-state index contributed by atoms with van der Waals surface area (Å²) in [5, 5.41) is 13.5. The first-order valence-electron chi connectivity index (χ1n) is 23.1. The van der Waals surface area contributed by atoms with Crippen molar-refractivity contribution in [2.75, 3.05) is 27.9 Å². The number of methoxy groups -OCH3 is 3. The number of aromatic nitrogens is 6. The second kappa shape index (κ2) is 21.5. The van der Waals surface area contributed by atoms with Gasteiger partial charge in [0, 0.05) is 48.1 Å². The average molecular weight is 1050 g/mol. The zero-order valence-corrected chi connectivity index (χ0v) is 44.1. The standard InChI is InChI=1S/C51H60N10O11S2/c1-49(2,3)51(50(4,5)6,72-48(53)63)42(32-71-47(52)62)57-73(64,65)41-25-24-39(40-11-10-27-59-28-26-54-46(40)59)43(45-55-58-61(56-45)31-35-16-22-38(70-9)23-17-35)44(41)74(66,67)60(29-33-12-18-36(68-7)19-13-33)30-34-14-20-37(69-8)21-15-34/h10-28,42,57H,29-32H2,1-9H3,(H2,52,62)(H2,53,63). The lowest BCUT2D eigenvalue weighted by molar-refractivity contribution is -0.162. The topological polar surface area (TPSA) is 277 Å². The number of nitrogens with zero attached hydrogens (tertiary/aromatic N) is 7. The number of fused-ring (bicyclic) bond motifs is 1. The second-order valence-electron chi connectivity index (χ2n) is 19.3. The van der Waals surface area contributed by atoms with Crippen molar-refractivity contribution in [3.8, 4) is 39.8 Å². The molecule has 0 radical (unpaired) electrons. The van der Waals surface area contributed by atoms with Gasteiger partial charge in [0.25, 0.3) is 0 Å². The van der Waals surface area contributed by atoms with Gasteiger partial charge in [0.15, 0.2) is 0 Å². The molecule has 0 aliphatic carbocycles. The molecule has 0 fully saturated rings. The first-order chi connectivity index (χ1) is 34.9. The van der Waals surface area contributed by atoms with Crippen molar-refractivity contribution in [3.63, 3.8) is 0 Å². The van der Waals surface area contributed by atoms with Crippen molar-refractivity contribution in [1.82, 2.24) is 38.6 Å². The number of rotatable bonds is 20. The van der Waals surface area contributed by atoms with Gasteiger partial charge in [-0.25, -0.2) is 36.1 Å². The Bertz CT molecular complexity index is 3290. The summed E-state index contributed by atoms with van der Waals surface area (Å²) in [6, 6.07) is 24.9. The van der Waals surface area contributed by atoms with Crippen LogP contribution in [0.15, 0.2) is 125 Å². The number of benzene rings is 4. The molecule has 0 aliphatic rings. The number of carbonyl (C=O) groups excluding carboxylic acids is 2. The average Bonchev–Trinajstić information content (AvgIpc) is 4.04. The lowest BCUT2D eigenvalue weighted by atomic mass is 9.59. The van der Waals surface area contributed by atoms with Gasteiger partial charge in [0.05, 0.1) is 39.5 Å². The van der Waals surface area contributed by atoms with E-state index in [4.69, 9.17) is 40.3 Å². The molecular weight excluding hydrogens is 993 g/mol. The molecule has 0 aliphatic heterocycles. The molecule has 0 bridgehead atoms. The van der Waals surface area contributed by atoms with Gasteiger partial charge in [-0.1, -0.05) is 84.0 Å². The molecule has 392 valence electrons. The van der Waals surface area contributed by atoms with Crippen LogP contribution in [0.3, 0.4) is 0 Å². The van der Waals surface area contributed by atoms with E-state index in [0.29, 0.717) is 39.6 Å². The van der Waals surface area contributed by atoms with Crippen LogP contribution in [0.2, 0.25) is 0 Å². The van der Waals surface area contributed by atoms with E-state index in [1.165, 1.54) is 25.1 Å². The van der Waals surface area contributed by atoms with Crippen LogP contribution >= 0.6 is 0 Å². The fourth-order valence-electron chi connectivity index (χ4n) is 9.52. The molecule has 1 unspecified atom stereocenters. The highest BCUT2D eigenvalue weighted by atomic mass is 32.2. The van der Waals surface area contributed by atoms with E-state index >= 15 is 16.8 Å². The van der Waals surface area contributed by atoms with Crippen LogP contribution in [0.5, 0.6) is 17.2 Å². The number of hydrogen-bond donors (Lipinski definition) is 3. The smallest absolute Gasteiger partial charge is 0.405 e. The van der Waals surface area contributed by atoms with Crippen molar-refractivity contribution >= 4 is 37.9 Å². The fourth-order valence-corrected chi connectivity index (χ4v) is 13.2. The van der Waals surface area contributed by atoms with Gasteiger partial charge >= 0.3 is 12.2 Å². The summed E-state index contributed by atoms with van der Waals surface area (Å²) >= 11 is 0. The SMILES string of the molecule is COc1ccc(CN(Cc2ccc(OC)cc2)S(=O)(=O)c2c(S(=O)(=O)NC(COC(N)=O)C(OC(N)=O)(C(C)(C)C)C(C)(C)C)ccc(-c3cccn4ccnc34)c2-c2nnn(Cc3ccc(OC)cc3)n2)cc1. The van der Waals surface area contributed by atoms with E-state index in [2.05, 4.69) is 20.0 Å². The lowest BCUT2D eigenvalue weighted by Crippen LogP contribution is -2.69. The van der Waals surface area contributed by atoms with Crippen molar-refractivity contribution in [1.29, 1.82) is 0 Å². The van der Waals surface area contributed by atoms with Crippen LogP contribution in [0.1, 0.15) is 58.2 Å². The third-order valence-electron chi connectivity index (χ3n) is 12.6. The fraction of sp³-hybridized carbons (Fsp3) is 0.333. The molecule has 74 heavy (non-hydrogen) atoms. The molecule has 3 heterocycles. The van der Waals surface area contributed by atoms with E-state index in [-0.39, 0.29) is 36.6 Å². The number of amides is 2. The summed E-state index contributed by atoms with van der Waals surface area (Å²) in [7, 11) is -5.83. The molecule has 5 N–H and O–H groups in total. The monoisotopic (exact) mass is 1050 g/mol. The predicted molar refractivity (Wildman–Crippen MR) is 274 cm³/mol. The molecule has 0 saturated carbocycles.